The lowest BCUT2D eigenvalue weighted by Gasteiger charge is -2.22. The van der Waals surface area contributed by atoms with E-state index in [0.717, 1.165) is 61.4 Å². The third-order valence-corrected chi connectivity index (χ3v) is 5.79. The second-order valence-electron chi connectivity index (χ2n) is 7.71. The molecule has 2 N–H and O–H groups in total. The number of hydrogen-bond donors (Lipinski definition) is 2. The number of fused-ring (bicyclic) bond motifs is 3. The predicted molar refractivity (Wildman–Crippen MR) is 121 cm³/mol. The normalized spacial score (nSPS) is 16.8. The molecule has 2 aromatic heterocycles. The molecule has 5 rings (SSSR count). The standard InChI is InChI=1S/C20H25N7O.2ClH/c28-20(17-13-27(25-24-17)15-7-9-21-10-8-15)22-14-5-6-18-16(12-14)23-19-4-2-1-3-11-26(18)19;;/h5-6,12-13,15,21H,1-4,7-11H2,(H,22,28);2*1H. The molecule has 0 saturated carbocycles. The van der Waals surface area contributed by atoms with E-state index in [0.29, 0.717) is 11.7 Å². The molecule has 10 heteroatoms. The Morgan fingerprint density at radius 1 is 1.13 bits per heavy atom. The van der Waals surface area contributed by atoms with Gasteiger partial charge in [-0.25, -0.2) is 9.67 Å². The summed E-state index contributed by atoms with van der Waals surface area (Å²) < 4.78 is 4.14. The highest BCUT2D eigenvalue weighted by molar-refractivity contribution is 6.03. The molecule has 1 amide bonds. The Kier molecular flexibility index (Phi) is 7.33. The van der Waals surface area contributed by atoms with E-state index in [2.05, 4.69) is 31.6 Å². The first-order chi connectivity index (χ1) is 13.8. The monoisotopic (exact) mass is 451 g/mol. The fourth-order valence-electron chi connectivity index (χ4n) is 4.25. The van der Waals surface area contributed by atoms with Gasteiger partial charge in [0.1, 0.15) is 5.82 Å². The maximum atomic E-state index is 12.6. The summed E-state index contributed by atoms with van der Waals surface area (Å²) in [5.74, 6) is 0.918. The molecular formula is C20H27Cl2N7O. The number of hydrogen-bond acceptors (Lipinski definition) is 5. The fraction of sp³-hybridized carbons (Fsp3) is 0.500. The van der Waals surface area contributed by atoms with Crippen LogP contribution in [0.15, 0.2) is 24.4 Å². The minimum absolute atomic E-state index is 0. The summed E-state index contributed by atoms with van der Waals surface area (Å²) in [4.78, 5) is 17.4. The summed E-state index contributed by atoms with van der Waals surface area (Å²) >= 11 is 0. The average molecular weight is 452 g/mol. The van der Waals surface area contributed by atoms with E-state index in [1.807, 2.05) is 16.8 Å². The van der Waals surface area contributed by atoms with Gasteiger partial charge in [-0.15, -0.1) is 29.9 Å². The van der Waals surface area contributed by atoms with Gasteiger partial charge in [-0.05, 0) is 57.0 Å². The van der Waals surface area contributed by atoms with Gasteiger partial charge in [0.05, 0.1) is 23.3 Å². The van der Waals surface area contributed by atoms with Crippen LogP contribution in [0.25, 0.3) is 11.0 Å². The highest BCUT2D eigenvalue weighted by Crippen LogP contribution is 2.25. The molecule has 1 aromatic carbocycles. The second kappa shape index (κ2) is 9.76. The number of piperidine rings is 1. The lowest BCUT2D eigenvalue weighted by Crippen LogP contribution is -2.29. The zero-order chi connectivity index (χ0) is 18.9. The fourth-order valence-corrected chi connectivity index (χ4v) is 4.25. The second-order valence-corrected chi connectivity index (χ2v) is 7.71. The van der Waals surface area contributed by atoms with Crippen LogP contribution < -0.4 is 10.6 Å². The number of nitrogens with one attached hydrogen (secondary N) is 2. The number of carbonyl (C=O) groups excluding carboxylic acids is 1. The Morgan fingerprint density at radius 3 is 2.80 bits per heavy atom. The molecule has 162 valence electrons. The van der Waals surface area contributed by atoms with Gasteiger partial charge in [-0.2, -0.15) is 0 Å². The summed E-state index contributed by atoms with van der Waals surface area (Å²) in [6, 6.07) is 6.26. The van der Waals surface area contributed by atoms with Crippen LogP contribution in [-0.4, -0.2) is 43.5 Å². The number of aryl methyl sites for hydroxylation is 2. The predicted octanol–water partition coefficient (Wildman–Crippen LogP) is 3.37. The van der Waals surface area contributed by atoms with E-state index < -0.39 is 0 Å². The van der Waals surface area contributed by atoms with Crippen molar-refractivity contribution < 1.29 is 4.79 Å². The van der Waals surface area contributed by atoms with E-state index in [9.17, 15) is 4.79 Å². The third kappa shape index (κ3) is 4.45. The lowest BCUT2D eigenvalue weighted by atomic mass is 10.1. The molecule has 0 bridgehead atoms. The summed E-state index contributed by atoms with van der Waals surface area (Å²) in [6.45, 7) is 2.97. The quantitative estimate of drug-likeness (QED) is 0.636. The molecule has 4 heterocycles. The number of rotatable bonds is 3. The van der Waals surface area contributed by atoms with Crippen molar-refractivity contribution in [2.45, 2.75) is 51.1 Å². The smallest absolute Gasteiger partial charge is 0.277 e. The molecule has 0 aliphatic carbocycles. The average Bonchev–Trinajstić information content (AvgIpc) is 3.27. The van der Waals surface area contributed by atoms with Crippen molar-refractivity contribution in [2.75, 3.05) is 18.4 Å². The molecule has 0 atom stereocenters. The first kappa shape index (κ1) is 22.5. The SMILES string of the molecule is Cl.Cl.O=C(Nc1ccc2c(c1)nc1n2CCCCC1)c1cn(C2CCNCC2)nn1. The van der Waals surface area contributed by atoms with Crippen molar-refractivity contribution in [1.29, 1.82) is 0 Å². The van der Waals surface area contributed by atoms with E-state index in [1.54, 1.807) is 6.20 Å². The van der Waals surface area contributed by atoms with Crippen LogP contribution >= 0.6 is 24.8 Å². The number of nitrogens with zero attached hydrogens (tertiary/aromatic N) is 5. The van der Waals surface area contributed by atoms with Crippen molar-refractivity contribution in [2.24, 2.45) is 0 Å². The van der Waals surface area contributed by atoms with Crippen LogP contribution in [0.1, 0.15) is 54.5 Å². The van der Waals surface area contributed by atoms with Gasteiger partial charge in [0.15, 0.2) is 5.69 Å². The van der Waals surface area contributed by atoms with Crippen molar-refractivity contribution in [1.82, 2.24) is 29.9 Å². The number of imidazole rings is 1. The number of amides is 1. The van der Waals surface area contributed by atoms with E-state index in [1.165, 1.54) is 19.3 Å². The maximum absolute atomic E-state index is 12.6. The summed E-state index contributed by atoms with van der Waals surface area (Å²) in [5.41, 5.74) is 3.17. The van der Waals surface area contributed by atoms with E-state index >= 15 is 0 Å². The molecular weight excluding hydrogens is 425 g/mol. The Morgan fingerprint density at radius 2 is 1.97 bits per heavy atom. The number of carbonyl (C=O) groups is 1. The molecule has 30 heavy (non-hydrogen) atoms. The summed E-state index contributed by atoms with van der Waals surface area (Å²) in [6.07, 6.45) is 8.44. The Labute approximate surface area is 187 Å². The minimum Gasteiger partial charge on any atom is -0.328 e. The molecule has 8 nitrogen and oxygen atoms in total. The van der Waals surface area contributed by atoms with Crippen LogP contribution in [0.5, 0.6) is 0 Å². The molecule has 0 radical (unpaired) electrons. The van der Waals surface area contributed by atoms with Crippen LogP contribution in [0.3, 0.4) is 0 Å². The van der Waals surface area contributed by atoms with Crippen molar-refractivity contribution in [3.63, 3.8) is 0 Å². The molecule has 3 aromatic rings. The first-order valence-electron chi connectivity index (χ1n) is 10.2. The van der Waals surface area contributed by atoms with Crippen LogP contribution in [-0.2, 0) is 13.0 Å². The number of aromatic nitrogens is 5. The number of anilines is 1. The highest BCUT2D eigenvalue weighted by Gasteiger charge is 2.19. The van der Waals surface area contributed by atoms with Crippen molar-refractivity contribution in [3.8, 4) is 0 Å². The summed E-state index contributed by atoms with van der Waals surface area (Å²) in [5, 5.41) is 14.5. The minimum atomic E-state index is -0.236. The van der Waals surface area contributed by atoms with Crippen LogP contribution in [0, 0.1) is 0 Å². The number of benzene rings is 1. The van der Waals surface area contributed by atoms with Gasteiger partial charge in [0, 0.05) is 18.7 Å². The number of halogens is 2. The van der Waals surface area contributed by atoms with Gasteiger partial charge in [-0.1, -0.05) is 11.6 Å². The van der Waals surface area contributed by atoms with Crippen LogP contribution in [0.4, 0.5) is 5.69 Å². The molecule has 0 spiro atoms. The molecule has 1 fully saturated rings. The van der Waals surface area contributed by atoms with Crippen LogP contribution in [0.2, 0.25) is 0 Å². The van der Waals surface area contributed by atoms with Gasteiger partial charge in [0.25, 0.3) is 5.91 Å². The lowest BCUT2D eigenvalue weighted by molar-refractivity contribution is 0.102. The highest BCUT2D eigenvalue weighted by atomic mass is 35.5. The van der Waals surface area contributed by atoms with Gasteiger partial charge < -0.3 is 15.2 Å². The molecule has 1 saturated heterocycles. The van der Waals surface area contributed by atoms with Crippen molar-refractivity contribution in [3.05, 3.63) is 35.9 Å². The van der Waals surface area contributed by atoms with Gasteiger partial charge >= 0.3 is 0 Å². The Balaban J connectivity index is 0.00000128. The topological polar surface area (TPSA) is 89.7 Å². The maximum Gasteiger partial charge on any atom is 0.277 e. The molecule has 2 aliphatic rings. The molecule has 2 aliphatic heterocycles. The summed E-state index contributed by atoms with van der Waals surface area (Å²) in [7, 11) is 0. The first-order valence-corrected chi connectivity index (χ1v) is 10.2. The largest absolute Gasteiger partial charge is 0.328 e. The molecule has 0 unspecified atom stereocenters. The zero-order valence-corrected chi connectivity index (χ0v) is 18.3. The van der Waals surface area contributed by atoms with Crippen molar-refractivity contribution >= 4 is 47.4 Å². The Hall–Kier alpha value is -2.16. The van der Waals surface area contributed by atoms with Gasteiger partial charge in [-0.3, -0.25) is 4.79 Å². The third-order valence-electron chi connectivity index (χ3n) is 5.79. The van der Waals surface area contributed by atoms with E-state index in [-0.39, 0.29) is 30.7 Å². The Bertz CT molecular complexity index is 1010. The van der Waals surface area contributed by atoms with E-state index in [4.69, 9.17) is 4.98 Å². The zero-order valence-electron chi connectivity index (χ0n) is 16.7. The van der Waals surface area contributed by atoms with Gasteiger partial charge in [0.2, 0.25) is 0 Å².